The molecule has 0 radical (unpaired) electrons. The zero-order chi connectivity index (χ0) is 15.0. The molecule has 1 aromatic rings. The maximum absolute atomic E-state index is 12.5. The first-order chi connectivity index (χ1) is 10.1. The van der Waals surface area contributed by atoms with E-state index >= 15 is 0 Å². The minimum absolute atomic E-state index is 0.221. The summed E-state index contributed by atoms with van der Waals surface area (Å²) in [4.78, 5) is 25.5. The number of carbonyl (C=O) groups is 2. The van der Waals surface area contributed by atoms with Crippen LogP contribution in [0.15, 0.2) is 18.2 Å². The molecule has 1 fully saturated rings. The van der Waals surface area contributed by atoms with Crippen molar-refractivity contribution in [1.82, 2.24) is 4.90 Å². The summed E-state index contributed by atoms with van der Waals surface area (Å²) < 4.78 is 5.38. The molecule has 5 nitrogen and oxygen atoms in total. The standard InChI is InChI=1S/C16H19NO4/c1-21-13-4-2-3-11-5-9-17(10-6-12(11)13)14(18)16(7-8-16)15(19)20/h2-4H,5-10H2,1H3,(H,19,20). The van der Waals surface area contributed by atoms with E-state index in [1.165, 1.54) is 5.56 Å². The molecule has 1 N–H and O–H groups in total. The molecule has 3 rings (SSSR count). The van der Waals surface area contributed by atoms with Gasteiger partial charge in [0.05, 0.1) is 7.11 Å². The van der Waals surface area contributed by atoms with E-state index in [0.717, 1.165) is 17.7 Å². The first-order valence-electron chi connectivity index (χ1n) is 7.26. The Morgan fingerprint density at radius 3 is 2.57 bits per heavy atom. The highest BCUT2D eigenvalue weighted by Gasteiger charge is 2.58. The van der Waals surface area contributed by atoms with Crippen LogP contribution in [0.25, 0.3) is 0 Å². The summed E-state index contributed by atoms with van der Waals surface area (Å²) in [5.74, 6) is -0.352. The third-order valence-electron chi connectivity index (χ3n) is 4.59. The van der Waals surface area contributed by atoms with Gasteiger partial charge in [0.2, 0.25) is 5.91 Å². The number of carboxylic acids is 1. The van der Waals surface area contributed by atoms with Gasteiger partial charge < -0.3 is 14.7 Å². The summed E-state index contributed by atoms with van der Waals surface area (Å²) in [6.45, 7) is 1.13. The predicted molar refractivity (Wildman–Crippen MR) is 76.3 cm³/mol. The molecule has 1 amide bonds. The third kappa shape index (κ3) is 2.26. The number of aliphatic carboxylic acids is 1. The number of hydrogen-bond acceptors (Lipinski definition) is 3. The highest BCUT2D eigenvalue weighted by atomic mass is 16.5. The summed E-state index contributed by atoms with van der Waals surface area (Å²) in [5, 5.41) is 9.26. The van der Waals surface area contributed by atoms with Gasteiger partial charge in [-0.3, -0.25) is 9.59 Å². The van der Waals surface area contributed by atoms with Crippen LogP contribution in [0, 0.1) is 5.41 Å². The van der Waals surface area contributed by atoms with Crippen molar-refractivity contribution in [2.75, 3.05) is 20.2 Å². The fourth-order valence-electron chi connectivity index (χ4n) is 3.08. The number of carboxylic acid groups (broad SMARTS) is 1. The highest BCUT2D eigenvalue weighted by Crippen LogP contribution is 2.47. The van der Waals surface area contributed by atoms with Crippen molar-refractivity contribution in [2.24, 2.45) is 5.41 Å². The van der Waals surface area contributed by atoms with Crippen LogP contribution in [0.1, 0.15) is 24.0 Å². The molecular formula is C16H19NO4. The predicted octanol–water partition coefficient (Wildman–Crippen LogP) is 1.49. The second kappa shape index (κ2) is 5.06. The molecule has 0 aromatic heterocycles. The van der Waals surface area contributed by atoms with Crippen LogP contribution in [0.2, 0.25) is 0 Å². The van der Waals surface area contributed by atoms with Crippen molar-refractivity contribution in [2.45, 2.75) is 25.7 Å². The summed E-state index contributed by atoms with van der Waals surface area (Å²) in [5.41, 5.74) is 1.18. The molecule has 1 saturated carbocycles. The van der Waals surface area contributed by atoms with Crippen LogP contribution in [-0.2, 0) is 22.4 Å². The molecular weight excluding hydrogens is 270 g/mol. The Hall–Kier alpha value is -2.04. The summed E-state index contributed by atoms with van der Waals surface area (Å²) in [7, 11) is 1.65. The van der Waals surface area contributed by atoms with Gasteiger partial charge in [0.15, 0.2) is 0 Å². The number of methoxy groups -OCH3 is 1. The molecule has 0 saturated heterocycles. The molecule has 1 aliphatic heterocycles. The number of carbonyl (C=O) groups excluding carboxylic acids is 1. The van der Waals surface area contributed by atoms with Gasteiger partial charge in [0, 0.05) is 13.1 Å². The lowest BCUT2D eigenvalue weighted by atomic mass is 10.0. The van der Waals surface area contributed by atoms with Crippen LogP contribution >= 0.6 is 0 Å². The van der Waals surface area contributed by atoms with Crippen molar-refractivity contribution in [1.29, 1.82) is 0 Å². The second-order valence-electron chi connectivity index (χ2n) is 5.78. The lowest BCUT2D eigenvalue weighted by Crippen LogP contribution is -2.42. The summed E-state index contributed by atoms with van der Waals surface area (Å²) >= 11 is 0. The number of ether oxygens (including phenoxy) is 1. The SMILES string of the molecule is COc1cccc2c1CCN(C(=O)C1(C(=O)O)CC1)CC2. The van der Waals surface area contributed by atoms with Gasteiger partial charge in [-0.05, 0) is 42.9 Å². The van der Waals surface area contributed by atoms with Crippen molar-refractivity contribution >= 4 is 11.9 Å². The van der Waals surface area contributed by atoms with Crippen molar-refractivity contribution in [3.05, 3.63) is 29.3 Å². The lowest BCUT2D eigenvalue weighted by Gasteiger charge is -2.23. The Labute approximate surface area is 123 Å². The Balaban J connectivity index is 1.79. The van der Waals surface area contributed by atoms with E-state index in [4.69, 9.17) is 4.74 Å². The van der Waals surface area contributed by atoms with Crippen molar-refractivity contribution in [3.8, 4) is 5.75 Å². The molecule has 2 aliphatic rings. The monoisotopic (exact) mass is 289 g/mol. The van der Waals surface area contributed by atoms with Gasteiger partial charge in [-0.15, -0.1) is 0 Å². The van der Waals surface area contributed by atoms with E-state index in [2.05, 4.69) is 6.07 Å². The van der Waals surface area contributed by atoms with E-state index in [1.54, 1.807) is 12.0 Å². The topological polar surface area (TPSA) is 66.8 Å². The molecule has 5 heteroatoms. The van der Waals surface area contributed by atoms with Gasteiger partial charge in [-0.1, -0.05) is 12.1 Å². The Morgan fingerprint density at radius 2 is 1.95 bits per heavy atom. The van der Waals surface area contributed by atoms with Gasteiger partial charge >= 0.3 is 5.97 Å². The third-order valence-corrected chi connectivity index (χ3v) is 4.59. The second-order valence-corrected chi connectivity index (χ2v) is 5.78. The van der Waals surface area contributed by atoms with Gasteiger partial charge in [0.1, 0.15) is 11.2 Å². The van der Waals surface area contributed by atoms with E-state index in [1.807, 2.05) is 12.1 Å². The Bertz CT molecular complexity index is 592. The number of amides is 1. The average Bonchev–Trinajstić information content (AvgIpc) is 3.30. The van der Waals surface area contributed by atoms with E-state index in [-0.39, 0.29) is 5.91 Å². The zero-order valence-electron chi connectivity index (χ0n) is 12.1. The minimum Gasteiger partial charge on any atom is -0.496 e. The fourth-order valence-corrected chi connectivity index (χ4v) is 3.08. The molecule has 1 heterocycles. The summed E-state index contributed by atoms with van der Waals surface area (Å²) in [6.07, 6.45) is 2.39. The first kappa shape index (κ1) is 13.9. The number of fused-ring (bicyclic) bond motifs is 1. The van der Waals surface area contributed by atoms with Crippen LogP contribution in [-0.4, -0.2) is 42.1 Å². The Kier molecular flexibility index (Phi) is 3.35. The van der Waals surface area contributed by atoms with Crippen LogP contribution < -0.4 is 4.74 Å². The fraction of sp³-hybridized carbons (Fsp3) is 0.500. The average molecular weight is 289 g/mol. The molecule has 0 bridgehead atoms. The van der Waals surface area contributed by atoms with Gasteiger partial charge in [-0.2, -0.15) is 0 Å². The van der Waals surface area contributed by atoms with Crippen LogP contribution in [0.3, 0.4) is 0 Å². The highest BCUT2D eigenvalue weighted by molar-refractivity contribution is 6.04. The zero-order valence-corrected chi connectivity index (χ0v) is 12.1. The number of hydrogen-bond donors (Lipinski definition) is 1. The lowest BCUT2D eigenvalue weighted by molar-refractivity contribution is -0.153. The molecule has 21 heavy (non-hydrogen) atoms. The molecule has 0 spiro atoms. The van der Waals surface area contributed by atoms with E-state index in [0.29, 0.717) is 32.4 Å². The largest absolute Gasteiger partial charge is 0.496 e. The molecule has 0 unspecified atom stereocenters. The molecule has 1 aliphatic carbocycles. The normalized spacial score (nSPS) is 19.4. The molecule has 0 atom stereocenters. The molecule has 112 valence electrons. The van der Waals surface area contributed by atoms with E-state index < -0.39 is 11.4 Å². The van der Waals surface area contributed by atoms with Crippen LogP contribution in [0.4, 0.5) is 0 Å². The maximum atomic E-state index is 12.5. The van der Waals surface area contributed by atoms with Crippen LogP contribution in [0.5, 0.6) is 5.75 Å². The number of nitrogens with zero attached hydrogens (tertiary/aromatic N) is 1. The number of rotatable bonds is 3. The van der Waals surface area contributed by atoms with E-state index in [9.17, 15) is 14.7 Å². The minimum atomic E-state index is -1.14. The first-order valence-corrected chi connectivity index (χ1v) is 7.26. The molecule has 1 aromatic carbocycles. The van der Waals surface area contributed by atoms with Crippen molar-refractivity contribution < 1.29 is 19.4 Å². The smallest absolute Gasteiger partial charge is 0.319 e. The quantitative estimate of drug-likeness (QED) is 0.856. The van der Waals surface area contributed by atoms with Gasteiger partial charge in [-0.25, -0.2) is 0 Å². The summed E-state index contributed by atoms with van der Waals surface area (Å²) in [6, 6.07) is 5.93. The van der Waals surface area contributed by atoms with Crippen molar-refractivity contribution in [3.63, 3.8) is 0 Å². The van der Waals surface area contributed by atoms with Gasteiger partial charge in [0.25, 0.3) is 0 Å². The maximum Gasteiger partial charge on any atom is 0.319 e. The number of benzene rings is 1. The Morgan fingerprint density at radius 1 is 1.24 bits per heavy atom.